The van der Waals surface area contributed by atoms with Gasteiger partial charge in [-0.2, -0.15) is 0 Å². The first-order valence-corrected chi connectivity index (χ1v) is 13.6. The number of furan rings is 2. The summed E-state index contributed by atoms with van der Waals surface area (Å²) in [5.41, 5.74) is 1.29. The van der Waals surface area contributed by atoms with Crippen LogP contribution in [0.1, 0.15) is 6.92 Å². The zero-order valence-corrected chi connectivity index (χ0v) is 21.4. The highest BCUT2D eigenvalue weighted by Crippen LogP contribution is 2.31. The minimum atomic E-state index is -3.83. The molecular weight excluding hydrogens is 528 g/mol. The number of nitrogens with one attached hydrogen (secondary N) is 2. The molecule has 5 rings (SSSR count). The van der Waals surface area contributed by atoms with Crippen molar-refractivity contribution in [1.29, 1.82) is 0 Å². The Kier molecular flexibility index (Phi) is 7.20. The van der Waals surface area contributed by atoms with Gasteiger partial charge in [-0.05, 0) is 67.6 Å². The topological polar surface area (TPSA) is 153 Å². The standard InChI is InChI=1S/C25H20N6O5S2/c1-16(37-25-28-22(19-6-4-14-35-19)23(29-30-25)20-7-5-15-36-20)24(32)27-17-9-11-18(12-10-17)38(33,34)31-21-8-2-3-13-26-21/h2-16H,1H3,(H,26,31)(H,27,32). The van der Waals surface area contributed by atoms with Crippen molar-refractivity contribution in [2.24, 2.45) is 0 Å². The fourth-order valence-corrected chi connectivity index (χ4v) is 5.04. The van der Waals surface area contributed by atoms with Crippen molar-refractivity contribution in [1.82, 2.24) is 20.2 Å². The van der Waals surface area contributed by atoms with E-state index in [1.807, 2.05) is 0 Å². The van der Waals surface area contributed by atoms with Crippen molar-refractivity contribution in [3.8, 4) is 22.9 Å². The zero-order valence-electron chi connectivity index (χ0n) is 19.8. The first-order chi connectivity index (χ1) is 18.4. The molecule has 0 aliphatic rings. The van der Waals surface area contributed by atoms with E-state index in [4.69, 9.17) is 8.83 Å². The van der Waals surface area contributed by atoms with E-state index in [9.17, 15) is 13.2 Å². The summed E-state index contributed by atoms with van der Waals surface area (Å²) < 4.78 is 38.5. The largest absolute Gasteiger partial charge is 0.463 e. The second-order valence-electron chi connectivity index (χ2n) is 7.84. The molecule has 1 amide bonds. The molecule has 0 saturated heterocycles. The number of benzene rings is 1. The van der Waals surface area contributed by atoms with E-state index in [0.717, 1.165) is 11.8 Å². The molecule has 4 heterocycles. The lowest BCUT2D eigenvalue weighted by Crippen LogP contribution is -2.23. The molecule has 5 aromatic rings. The molecule has 192 valence electrons. The van der Waals surface area contributed by atoms with Crippen molar-refractivity contribution in [2.75, 3.05) is 10.0 Å². The van der Waals surface area contributed by atoms with Gasteiger partial charge in [0.1, 0.15) is 11.5 Å². The van der Waals surface area contributed by atoms with Crippen LogP contribution in [0, 0.1) is 0 Å². The fraction of sp³-hybridized carbons (Fsp3) is 0.0800. The quantitative estimate of drug-likeness (QED) is 0.248. The number of amides is 1. The van der Waals surface area contributed by atoms with E-state index >= 15 is 0 Å². The lowest BCUT2D eigenvalue weighted by Gasteiger charge is -2.12. The number of anilines is 2. The summed E-state index contributed by atoms with van der Waals surface area (Å²) in [6.07, 6.45) is 4.54. The lowest BCUT2D eigenvalue weighted by atomic mass is 10.2. The number of aromatic nitrogens is 4. The molecule has 1 atom stereocenters. The van der Waals surface area contributed by atoms with Crippen LogP contribution < -0.4 is 10.0 Å². The van der Waals surface area contributed by atoms with Crippen molar-refractivity contribution >= 4 is 39.2 Å². The smallest absolute Gasteiger partial charge is 0.263 e. The van der Waals surface area contributed by atoms with E-state index in [1.165, 1.54) is 43.0 Å². The number of carbonyl (C=O) groups excluding carboxylic acids is 1. The number of hydrogen-bond acceptors (Lipinski definition) is 10. The van der Waals surface area contributed by atoms with Crippen LogP contribution >= 0.6 is 11.8 Å². The summed E-state index contributed by atoms with van der Waals surface area (Å²) >= 11 is 1.12. The summed E-state index contributed by atoms with van der Waals surface area (Å²) in [6.45, 7) is 1.70. The molecule has 4 aromatic heterocycles. The highest BCUT2D eigenvalue weighted by Gasteiger charge is 2.22. The number of rotatable bonds is 9. The Labute approximate surface area is 221 Å². The molecule has 1 aromatic carbocycles. The van der Waals surface area contributed by atoms with E-state index in [0.29, 0.717) is 28.6 Å². The number of pyridine rings is 1. The van der Waals surface area contributed by atoms with Crippen LogP contribution in [0.25, 0.3) is 22.9 Å². The predicted octanol–water partition coefficient (Wildman–Crippen LogP) is 4.71. The molecule has 2 N–H and O–H groups in total. The van der Waals surface area contributed by atoms with Crippen LogP contribution in [-0.4, -0.2) is 39.7 Å². The Hall–Kier alpha value is -4.49. The van der Waals surface area contributed by atoms with Gasteiger partial charge in [0.2, 0.25) is 11.1 Å². The van der Waals surface area contributed by atoms with Crippen LogP contribution in [0.2, 0.25) is 0 Å². The highest BCUT2D eigenvalue weighted by molar-refractivity contribution is 8.00. The van der Waals surface area contributed by atoms with E-state index in [2.05, 4.69) is 30.2 Å². The van der Waals surface area contributed by atoms with Crippen LogP contribution in [0.4, 0.5) is 11.5 Å². The van der Waals surface area contributed by atoms with E-state index < -0.39 is 15.3 Å². The summed E-state index contributed by atoms with van der Waals surface area (Å²) in [7, 11) is -3.83. The molecule has 0 radical (unpaired) electrons. The van der Waals surface area contributed by atoms with E-state index in [-0.39, 0.29) is 21.8 Å². The number of thioether (sulfide) groups is 1. The molecule has 0 aliphatic heterocycles. The van der Waals surface area contributed by atoms with Gasteiger partial charge in [-0.15, -0.1) is 10.2 Å². The highest BCUT2D eigenvalue weighted by atomic mass is 32.2. The third kappa shape index (κ3) is 5.74. The van der Waals surface area contributed by atoms with Gasteiger partial charge in [-0.25, -0.2) is 18.4 Å². The van der Waals surface area contributed by atoms with Gasteiger partial charge < -0.3 is 14.2 Å². The van der Waals surface area contributed by atoms with Gasteiger partial charge in [0.25, 0.3) is 10.0 Å². The maximum Gasteiger partial charge on any atom is 0.263 e. The Morgan fingerprint density at radius 1 is 0.895 bits per heavy atom. The normalized spacial score (nSPS) is 12.1. The third-order valence-electron chi connectivity index (χ3n) is 5.16. The van der Waals surface area contributed by atoms with Crippen LogP contribution in [-0.2, 0) is 14.8 Å². The molecule has 0 bridgehead atoms. The Balaban J connectivity index is 1.26. The molecule has 0 aliphatic carbocycles. The van der Waals surface area contributed by atoms with Crippen molar-refractivity contribution < 1.29 is 22.0 Å². The molecule has 0 saturated carbocycles. The summed E-state index contributed by atoms with van der Waals surface area (Å²) in [5, 5.41) is 10.9. The molecule has 0 spiro atoms. The maximum absolute atomic E-state index is 12.8. The zero-order chi connectivity index (χ0) is 26.5. The maximum atomic E-state index is 12.8. The van der Waals surface area contributed by atoms with Crippen LogP contribution in [0.15, 0.2) is 104 Å². The Bertz CT molecular complexity index is 1630. The van der Waals surface area contributed by atoms with Gasteiger partial charge in [0.15, 0.2) is 17.2 Å². The summed E-state index contributed by atoms with van der Waals surface area (Å²) in [5.74, 6) is 0.854. The minimum Gasteiger partial charge on any atom is -0.463 e. The average molecular weight is 549 g/mol. The van der Waals surface area contributed by atoms with Gasteiger partial charge >= 0.3 is 0 Å². The average Bonchev–Trinajstić information content (AvgIpc) is 3.64. The van der Waals surface area contributed by atoms with Gasteiger partial charge in [-0.1, -0.05) is 17.8 Å². The first kappa shape index (κ1) is 25.2. The number of sulfonamides is 1. The number of carbonyl (C=O) groups is 1. The van der Waals surface area contributed by atoms with E-state index in [1.54, 1.807) is 49.4 Å². The molecule has 11 nitrogen and oxygen atoms in total. The Morgan fingerprint density at radius 3 is 2.24 bits per heavy atom. The molecular formula is C25H20N6O5S2. The molecule has 1 unspecified atom stereocenters. The second kappa shape index (κ2) is 10.9. The Morgan fingerprint density at radius 2 is 1.61 bits per heavy atom. The van der Waals surface area contributed by atoms with Crippen LogP contribution in [0.3, 0.4) is 0 Å². The monoisotopic (exact) mass is 548 g/mol. The van der Waals surface area contributed by atoms with Gasteiger partial charge in [0.05, 0.1) is 22.7 Å². The van der Waals surface area contributed by atoms with Crippen LogP contribution in [0.5, 0.6) is 0 Å². The van der Waals surface area contributed by atoms with Gasteiger partial charge in [-0.3, -0.25) is 9.52 Å². The van der Waals surface area contributed by atoms with Crippen molar-refractivity contribution in [3.63, 3.8) is 0 Å². The number of nitrogens with zero attached hydrogens (tertiary/aromatic N) is 4. The fourth-order valence-electron chi connectivity index (χ4n) is 3.32. The molecule has 0 fully saturated rings. The molecule has 38 heavy (non-hydrogen) atoms. The first-order valence-electron chi connectivity index (χ1n) is 11.2. The number of hydrogen-bond donors (Lipinski definition) is 2. The van der Waals surface area contributed by atoms with Crippen molar-refractivity contribution in [3.05, 3.63) is 85.5 Å². The SMILES string of the molecule is CC(Sc1nnc(-c2ccco2)c(-c2ccco2)n1)C(=O)Nc1ccc(S(=O)(=O)Nc2ccccn2)cc1. The predicted molar refractivity (Wildman–Crippen MR) is 141 cm³/mol. The third-order valence-corrected chi connectivity index (χ3v) is 7.49. The lowest BCUT2D eigenvalue weighted by molar-refractivity contribution is -0.115. The molecule has 13 heteroatoms. The minimum absolute atomic E-state index is 0.0325. The van der Waals surface area contributed by atoms with Gasteiger partial charge in [0, 0.05) is 11.9 Å². The second-order valence-corrected chi connectivity index (χ2v) is 10.8. The van der Waals surface area contributed by atoms with Crippen molar-refractivity contribution in [2.45, 2.75) is 22.2 Å². The summed E-state index contributed by atoms with van der Waals surface area (Å²) in [4.78, 5) is 21.4. The summed E-state index contributed by atoms with van der Waals surface area (Å²) in [6, 6.07) is 17.7.